The van der Waals surface area contributed by atoms with Gasteiger partial charge in [0.25, 0.3) is 5.91 Å². The molecule has 118 valence electrons. The van der Waals surface area contributed by atoms with E-state index in [0.717, 1.165) is 24.0 Å². The summed E-state index contributed by atoms with van der Waals surface area (Å²) in [6, 6.07) is 11.9. The third-order valence-corrected chi connectivity index (χ3v) is 4.66. The highest BCUT2D eigenvalue weighted by Gasteiger charge is 2.30. The molecule has 0 radical (unpaired) electrons. The number of amides is 1. The summed E-state index contributed by atoms with van der Waals surface area (Å²) in [6.45, 7) is 0. The number of benzene rings is 2. The zero-order valence-corrected chi connectivity index (χ0v) is 13.4. The molecule has 0 saturated carbocycles. The number of hydrogen-bond acceptors (Lipinski definition) is 2. The molecule has 0 fully saturated rings. The van der Waals surface area contributed by atoms with Crippen molar-refractivity contribution in [2.45, 2.75) is 18.9 Å². The molecule has 0 aliphatic heterocycles. The number of rotatable bonds is 3. The molecule has 0 bridgehead atoms. The molecule has 0 heterocycles. The second-order valence-corrected chi connectivity index (χ2v) is 6.08. The Labute approximate surface area is 139 Å². The predicted molar refractivity (Wildman–Crippen MR) is 88.0 cm³/mol. The van der Waals surface area contributed by atoms with Crippen molar-refractivity contribution >= 4 is 23.5 Å². The van der Waals surface area contributed by atoms with E-state index in [-0.39, 0.29) is 17.5 Å². The van der Waals surface area contributed by atoms with Gasteiger partial charge in [-0.2, -0.15) is 0 Å². The van der Waals surface area contributed by atoms with Crippen molar-refractivity contribution in [2.24, 2.45) is 0 Å². The number of carbonyl (C=O) groups excluding carboxylic acids is 1. The molecule has 0 aromatic heterocycles. The summed E-state index contributed by atoms with van der Waals surface area (Å²) in [5.74, 6) is -1.12. The van der Waals surface area contributed by atoms with Crippen LogP contribution in [0.2, 0.25) is 5.02 Å². The summed E-state index contributed by atoms with van der Waals surface area (Å²) in [6.07, 6.45) is 1.62. The number of carboxylic acid groups (broad SMARTS) is 1. The molecular weight excluding hydrogens is 314 g/mol. The first-order valence-electron chi connectivity index (χ1n) is 7.37. The van der Waals surface area contributed by atoms with Crippen LogP contribution < -0.4 is 0 Å². The van der Waals surface area contributed by atoms with Gasteiger partial charge in [0.1, 0.15) is 0 Å². The fraction of sp³-hybridized carbons (Fsp3) is 0.222. The van der Waals surface area contributed by atoms with Gasteiger partial charge in [0, 0.05) is 7.05 Å². The van der Waals surface area contributed by atoms with Gasteiger partial charge >= 0.3 is 5.97 Å². The molecule has 0 saturated heterocycles. The minimum absolute atomic E-state index is 0.131. The summed E-state index contributed by atoms with van der Waals surface area (Å²) < 4.78 is 0. The Morgan fingerprint density at radius 3 is 2.65 bits per heavy atom. The lowest BCUT2D eigenvalue weighted by molar-refractivity contribution is 0.0696. The summed E-state index contributed by atoms with van der Waals surface area (Å²) in [5, 5.41) is 9.58. The lowest BCUT2D eigenvalue weighted by Gasteiger charge is -2.26. The maximum absolute atomic E-state index is 12.7. The van der Waals surface area contributed by atoms with Crippen LogP contribution in [0.5, 0.6) is 0 Å². The number of aromatic carboxylic acids is 1. The Bertz CT molecular complexity index is 788. The predicted octanol–water partition coefficient (Wildman–Crippen LogP) is 3.80. The van der Waals surface area contributed by atoms with Crippen LogP contribution in [-0.2, 0) is 6.42 Å². The lowest BCUT2D eigenvalue weighted by atomic mass is 10.0. The fourth-order valence-corrected chi connectivity index (χ4v) is 3.30. The normalized spacial score (nSPS) is 16.0. The number of carboxylic acids is 1. The molecule has 5 heteroatoms. The zero-order chi connectivity index (χ0) is 16.6. The average Bonchev–Trinajstić information content (AvgIpc) is 2.97. The van der Waals surface area contributed by atoms with Crippen LogP contribution in [0, 0.1) is 0 Å². The largest absolute Gasteiger partial charge is 0.478 e. The number of fused-ring (bicyclic) bond motifs is 1. The Hall–Kier alpha value is -2.33. The van der Waals surface area contributed by atoms with E-state index in [1.807, 2.05) is 6.07 Å². The van der Waals surface area contributed by atoms with Crippen molar-refractivity contribution in [3.63, 3.8) is 0 Å². The van der Waals surface area contributed by atoms with Crippen LogP contribution in [0.15, 0.2) is 42.5 Å². The van der Waals surface area contributed by atoms with Crippen LogP contribution in [0.25, 0.3) is 0 Å². The molecule has 23 heavy (non-hydrogen) atoms. The van der Waals surface area contributed by atoms with Gasteiger partial charge in [-0.3, -0.25) is 4.79 Å². The van der Waals surface area contributed by atoms with E-state index in [2.05, 4.69) is 0 Å². The molecule has 2 aromatic rings. The molecule has 3 rings (SSSR count). The Balaban J connectivity index is 1.93. The number of nitrogens with zero attached hydrogens (tertiary/aromatic N) is 1. The first-order valence-corrected chi connectivity index (χ1v) is 7.74. The van der Waals surface area contributed by atoms with Crippen LogP contribution in [0.1, 0.15) is 44.3 Å². The van der Waals surface area contributed by atoms with Crippen LogP contribution in [0.3, 0.4) is 0 Å². The minimum Gasteiger partial charge on any atom is -0.478 e. The number of halogens is 1. The highest BCUT2D eigenvalue weighted by atomic mass is 35.5. The van der Waals surface area contributed by atoms with E-state index in [9.17, 15) is 9.59 Å². The van der Waals surface area contributed by atoms with Gasteiger partial charge in [-0.25, -0.2) is 4.79 Å². The lowest BCUT2D eigenvalue weighted by Crippen LogP contribution is -2.30. The van der Waals surface area contributed by atoms with Crippen molar-refractivity contribution < 1.29 is 14.7 Å². The molecular formula is C18H16ClNO3. The Morgan fingerprint density at radius 2 is 1.96 bits per heavy atom. The van der Waals surface area contributed by atoms with E-state index in [1.54, 1.807) is 48.3 Å². The highest BCUT2D eigenvalue weighted by molar-refractivity contribution is 6.33. The van der Waals surface area contributed by atoms with Crippen molar-refractivity contribution in [2.75, 3.05) is 7.05 Å². The monoisotopic (exact) mass is 329 g/mol. The molecule has 1 unspecified atom stereocenters. The summed E-state index contributed by atoms with van der Waals surface area (Å²) in [7, 11) is 1.73. The maximum atomic E-state index is 12.7. The number of aryl methyl sites for hydroxylation is 1. The number of hydrogen-bond donors (Lipinski definition) is 1. The quantitative estimate of drug-likeness (QED) is 0.931. The summed E-state index contributed by atoms with van der Waals surface area (Å²) >= 11 is 6.11. The molecule has 2 aromatic carbocycles. The number of carbonyl (C=O) groups is 2. The second kappa shape index (κ2) is 6.05. The summed E-state index contributed by atoms with van der Waals surface area (Å²) in [5.41, 5.74) is 2.71. The first kappa shape index (κ1) is 15.6. The summed E-state index contributed by atoms with van der Waals surface area (Å²) in [4.78, 5) is 25.5. The SMILES string of the molecule is CN(C(=O)c1ccccc1Cl)C1CCc2ccc(C(=O)O)cc21. The van der Waals surface area contributed by atoms with E-state index < -0.39 is 5.97 Å². The molecule has 1 aliphatic rings. The van der Waals surface area contributed by atoms with Crippen LogP contribution in [-0.4, -0.2) is 28.9 Å². The van der Waals surface area contributed by atoms with Gasteiger partial charge in [-0.15, -0.1) is 0 Å². The molecule has 0 spiro atoms. The fourth-order valence-electron chi connectivity index (χ4n) is 3.08. The molecule has 1 amide bonds. The first-order chi connectivity index (χ1) is 11.0. The van der Waals surface area contributed by atoms with Gasteiger partial charge in [0.15, 0.2) is 0 Å². The average molecular weight is 330 g/mol. The van der Waals surface area contributed by atoms with Crippen molar-refractivity contribution in [3.8, 4) is 0 Å². The minimum atomic E-state index is -0.960. The molecule has 1 aliphatic carbocycles. The third-order valence-electron chi connectivity index (χ3n) is 4.33. The smallest absolute Gasteiger partial charge is 0.335 e. The van der Waals surface area contributed by atoms with Gasteiger partial charge in [0.2, 0.25) is 0 Å². The van der Waals surface area contributed by atoms with E-state index in [1.165, 1.54) is 0 Å². The van der Waals surface area contributed by atoms with E-state index >= 15 is 0 Å². The van der Waals surface area contributed by atoms with Gasteiger partial charge in [-0.05, 0) is 48.2 Å². The van der Waals surface area contributed by atoms with E-state index in [0.29, 0.717) is 10.6 Å². The Morgan fingerprint density at radius 1 is 1.22 bits per heavy atom. The topological polar surface area (TPSA) is 57.6 Å². The van der Waals surface area contributed by atoms with Crippen molar-refractivity contribution in [1.82, 2.24) is 4.90 Å². The van der Waals surface area contributed by atoms with Gasteiger partial charge < -0.3 is 10.0 Å². The van der Waals surface area contributed by atoms with Crippen LogP contribution in [0.4, 0.5) is 0 Å². The van der Waals surface area contributed by atoms with Crippen LogP contribution >= 0.6 is 11.6 Å². The Kier molecular flexibility index (Phi) is 4.09. The molecule has 4 nitrogen and oxygen atoms in total. The molecule has 1 atom stereocenters. The molecule has 1 N–H and O–H groups in total. The second-order valence-electron chi connectivity index (χ2n) is 5.67. The van der Waals surface area contributed by atoms with Crippen molar-refractivity contribution in [1.29, 1.82) is 0 Å². The third kappa shape index (κ3) is 2.82. The zero-order valence-electron chi connectivity index (χ0n) is 12.6. The maximum Gasteiger partial charge on any atom is 0.335 e. The standard InChI is InChI=1S/C18H16ClNO3/c1-20(17(21)13-4-2-3-5-15(13)19)16-9-8-11-6-7-12(18(22)23)10-14(11)16/h2-7,10,16H,8-9H2,1H3,(H,22,23). The van der Waals surface area contributed by atoms with Crippen molar-refractivity contribution in [3.05, 3.63) is 69.7 Å². The van der Waals surface area contributed by atoms with E-state index in [4.69, 9.17) is 16.7 Å². The van der Waals surface area contributed by atoms with Gasteiger partial charge in [0.05, 0.1) is 22.2 Å². The highest BCUT2D eigenvalue weighted by Crippen LogP contribution is 2.36. The van der Waals surface area contributed by atoms with Gasteiger partial charge in [-0.1, -0.05) is 29.8 Å².